The van der Waals surface area contributed by atoms with Gasteiger partial charge in [-0.2, -0.15) is 0 Å². The van der Waals surface area contributed by atoms with Gasteiger partial charge in [0.1, 0.15) is 0 Å². The van der Waals surface area contributed by atoms with E-state index in [1.54, 1.807) is 18.2 Å². The van der Waals surface area contributed by atoms with Gasteiger partial charge in [-0.1, -0.05) is 18.2 Å². The fourth-order valence-electron chi connectivity index (χ4n) is 2.06. The molecule has 0 amide bonds. The Morgan fingerprint density at radius 1 is 1.48 bits per heavy atom. The molecule has 0 saturated heterocycles. The van der Waals surface area contributed by atoms with Crippen molar-refractivity contribution in [2.45, 2.75) is 30.7 Å². The van der Waals surface area contributed by atoms with Crippen LogP contribution < -0.4 is 10.5 Å². The van der Waals surface area contributed by atoms with E-state index in [1.807, 2.05) is 13.0 Å². The van der Waals surface area contributed by atoms with E-state index in [-0.39, 0.29) is 24.1 Å². The minimum Gasteiger partial charge on any atom is -0.395 e. The van der Waals surface area contributed by atoms with E-state index in [2.05, 4.69) is 10.8 Å². The second-order valence-electron chi connectivity index (χ2n) is 5.40. The molecule has 5 nitrogen and oxygen atoms in total. The van der Waals surface area contributed by atoms with E-state index in [9.17, 15) is 8.42 Å². The fourth-order valence-corrected chi connectivity index (χ4v) is 3.11. The highest BCUT2D eigenvalue weighted by atomic mass is 32.2. The smallest absolute Gasteiger partial charge is 0.240 e. The zero-order valence-corrected chi connectivity index (χ0v) is 12.9. The summed E-state index contributed by atoms with van der Waals surface area (Å²) in [5.74, 6) is 0.653. The van der Waals surface area contributed by atoms with Crippen LogP contribution in [0.5, 0.6) is 0 Å². The van der Waals surface area contributed by atoms with Crippen molar-refractivity contribution >= 4 is 16.1 Å². The van der Waals surface area contributed by atoms with E-state index < -0.39 is 10.0 Å². The number of hydrogen-bond donors (Lipinski definition) is 3. The largest absolute Gasteiger partial charge is 0.395 e. The number of allylic oxidation sites excluding steroid dienone is 1. The first kappa shape index (κ1) is 16.2. The van der Waals surface area contributed by atoms with E-state index >= 15 is 0 Å². The van der Waals surface area contributed by atoms with E-state index in [0.29, 0.717) is 5.92 Å². The summed E-state index contributed by atoms with van der Waals surface area (Å²) in [5, 5.41) is 8.74. The number of benzene rings is 1. The molecule has 0 aliphatic heterocycles. The van der Waals surface area contributed by atoms with Crippen LogP contribution in [0.1, 0.15) is 36.9 Å². The molecule has 2 rings (SSSR count). The van der Waals surface area contributed by atoms with E-state index in [1.165, 1.54) is 12.8 Å². The van der Waals surface area contributed by atoms with Crippen LogP contribution in [-0.2, 0) is 10.0 Å². The number of aliphatic hydroxyl groups excluding tert-OH is 1. The molecule has 21 heavy (non-hydrogen) atoms. The van der Waals surface area contributed by atoms with Crippen LogP contribution in [0.4, 0.5) is 0 Å². The average Bonchev–Trinajstić information content (AvgIpc) is 3.26. The lowest BCUT2D eigenvalue weighted by Crippen LogP contribution is -2.27. The molecule has 1 aromatic rings. The number of nitrogens with two attached hydrogens (primary N) is 1. The maximum atomic E-state index is 12.1. The van der Waals surface area contributed by atoms with Crippen molar-refractivity contribution in [2.24, 2.45) is 11.7 Å². The molecule has 0 bridgehead atoms. The Hall–Kier alpha value is -1.21. The van der Waals surface area contributed by atoms with Gasteiger partial charge in [-0.05, 0) is 48.9 Å². The van der Waals surface area contributed by atoms with Crippen molar-refractivity contribution in [3.05, 3.63) is 35.4 Å². The molecule has 0 spiro atoms. The lowest BCUT2D eigenvalue weighted by molar-refractivity contribution is 0.301. The Morgan fingerprint density at radius 2 is 2.19 bits per heavy atom. The molecule has 0 heterocycles. The molecule has 1 aromatic carbocycles. The third-order valence-corrected chi connectivity index (χ3v) is 4.89. The van der Waals surface area contributed by atoms with Crippen molar-refractivity contribution in [1.82, 2.24) is 4.72 Å². The first-order chi connectivity index (χ1) is 9.94. The Labute approximate surface area is 125 Å². The maximum Gasteiger partial charge on any atom is 0.240 e. The molecule has 1 saturated carbocycles. The molecular weight excluding hydrogens is 288 g/mol. The SMILES string of the molecule is C[C@H](N)c1cc(S(=O)(=O)NCCO)ccc1/C=C/C1CC1. The monoisotopic (exact) mass is 310 g/mol. The second kappa shape index (κ2) is 6.70. The van der Waals surface area contributed by atoms with Gasteiger partial charge in [-0.3, -0.25) is 0 Å². The third-order valence-electron chi connectivity index (χ3n) is 3.43. The van der Waals surface area contributed by atoms with Crippen LogP contribution in [0.15, 0.2) is 29.2 Å². The highest BCUT2D eigenvalue weighted by Crippen LogP contribution is 2.31. The van der Waals surface area contributed by atoms with Gasteiger partial charge < -0.3 is 10.8 Å². The summed E-state index contributed by atoms with van der Waals surface area (Å²) in [5.41, 5.74) is 7.72. The summed E-state index contributed by atoms with van der Waals surface area (Å²) in [6.45, 7) is 1.60. The van der Waals surface area contributed by atoms with Crippen LogP contribution in [-0.4, -0.2) is 26.7 Å². The molecule has 1 atom stereocenters. The summed E-state index contributed by atoms with van der Waals surface area (Å²) >= 11 is 0. The van der Waals surface area contributed by atoms with Crippen molar-refractivity contribution in [3.63, 3.8) is 0 Å². The highest BCUT2D eigenvalue weighted by Gasteiger charge is 2.19. The Kier molecular flexibility index (Phi) is 5.16. The number of rotatable bonds is 7. The van der Waals surface area contributed by atoms with E-state index in [4.69, 9.17) is 10.8 Å². The van der Waals surface area contributed by atoms with Crippen molar-refractivity contribution < 1.29 is 13.5 Å². The number of hydrogen-bond acceptors (Lipinski definition) is 4. The van der Waals surface area contributed by atoms with Crippen molar-refractivity contribution in [1.29, 1.82) is 0 Å². The molecule has 1 aliphatic rings. The minimum absolute atomic E-state index is 0.000814. The molecule has 116 valence electrons. The minimum atomic E-state index is -3.60. The van der Waals surface area contributed by atoms with Crippen LogP contribution in [0.3, 0.4) is 0 Å². The summed E-state index contributed by atoms with van der Waals surface area (Å²) < 4.78 is 26.5. The van der Waals surface area contributed by atoms with Gasteiger partial charge in [0.05, 0.1) is 11.5 Å². The van der Waals surface area contributed by atoms with Gasteiger partial charge in [0, 0.05) is 12.6 Å². The van der Waals surface area contributed by atoms with Crippen LogP contribution >= 0.6 is 0 Å². The zero-order chi connectivity index (χ0) is 15.5. The molecule has 1 fully saturated rings. The molecule has 0 aromatic heterocycles. The molecule has 1 aliphatic carbocycles. The average molecular weight is 310 g/mol. The van der Waals surface area contributed by atoms with Gasteiger partial charge in [0.15, 0.2) is 0 Å². The van der Waals surface area contributed by atoms with Crippen molar-refractivity contribution in [3.8, 4) is 0 Å². The topological polar surface area (TPSA) is 92.4 Å². The lowest BCUT2D eigenvalue weighted by Gasteiger charge is -2.13. The first-order valence-electron chi connectivity index (χ1n) is 7.12. The van der Waals surface area contributed by atoms with E-state index in [0.717, 1.165) is 11.1 Å². The fraction of sp³-hybridized carbons (Fsp3) is 0.467. The first-order valence-corrected chi connectivity index (χ1v) is 8.60. The van der Waals surface area contributed by atoms with Gasteiger partial charge in [-0.15, -0.1) is 0 Å². The molecule has 0 radical (unpaired) electrons. The third kappa shape index (κ3) is 4.38. The Balaban J connectivity index is 2.31. The molecular formula is C15H22N2O3S. The maximum absolute atomic E-state index is 12.1. The normalized spacial score (nSPS) is 17.3. The molecule has 4 N–H and O–H groups in total. The van der Waals surface area contributed by atoms with Crippen molar-refractivity contribution in [2.75, 3.05) is 13.2 Å². The van der Waals surface area contributed by atoms with Gasteiger partial charge in [0.2, 0.25) is 10.0 Å². The molecule has 0 unspecified atom stereocenters. The summed E-state index contributed by atoms with van der Waals surface area (Å²) in [7, 11) is -3.60. The molecule has 6 heteroatoms. The van der Waals surface area contributed by atoms with Crippen LogP contribution in [0.2, 0.25) is 0 Å². The Morgan fingerprint density at radius 3 is 2.76 bits per heavy atom. The van der Waals surface area contributed by atoms with Gasteiger partial charge in [-0.25, -0.2) is 13.1 Å². The number of aliphatic hydroxyl groups is 1. The second-order valence-corrected chi connectivity index (χ2v) is 7.16. The number of sulfonamides is 1. The highest BCUT2D eigenvalue weighted by molar-refractivity contribution is 7.89. The predicted octanol–water partition coefficient (Wildman–Crippen LogP) is 1.40. The Bertz CT molecular complexity index is 620. The number of nitrogens with one attached hydrogen (secondary N) is 1. The predicted molar refractivity (Wildman–Crippen MR) is 83.1 cm³/mol. The summed E-state index contributed by atoms with van der Waals surface area (Å²) in [4.78, 5) is 0.173. The lowest BCUT2D eigenvalue weighted by atomic mass is 10.0. The quantitative estimate of drug-likeness (QED) is 0.710. The summed E-state index contributed by atoms with van der Waals surface area (Å²) in [6.07, 6.45) is 6.62. The zero-order valence-electron chi connectivity index (χ0n) is 12.1. The van der Waals surface area contributed by atoms with Gasteiger partial charge in [0.25, 0.3) is 0 Å². The standard InChI is InChI=1S/C15H22N2O3S/c1-11(16)15-10-14(21(19,20)17-8-9-18)7-6-13(15)5-4-12-2-3-12/h4-7,10-12,17-18H,2-3,8-9,16H2,1H3/b5-4+/t11-/m0/s1. The van der Waals surface area contributed by atoms with Crippen LogP contribution in [0, 0.1) is 5.92 Å². The summed E-state index contributed by atoms with van der Waals surface area (Å²) in [6, 6.07) is 4.71. The van der Waals surface area contributed by atoms with Crippen LogP contribution in [0.25, 0.3) is 6.08 Å². The van der Waals surface area contributed by atoms with Gasteiger partial charge >= 0.3 is 0 Å².